The van der Waals surface area contributed by atoms with Gasteiger partial charge in [-0.2, -0.15) is 0 Å². The van der Waals surface area contributed by atoms with Crippen LogP contribution in [-0.4, -0.2) is 29.6 Å². The monoisotopic (exact) mass is 382 g/mol. The first-order chi connectivity index (χ1) is 11.8. The Hall–Kier alpha value is -1.40. The molecule has 1 saturated heterocycles. The van der Waals surface area contributed by atoms with Crippen molar-refractivity contribution < 1.29 is 4.74 Å². The molecule has 1 fully saturated rings. The van der Waals surface area contributed by atoms with Crippen LogP contribution in [-0.2, 0) is 13.2 Å². The number of benzene rings is 1. The van der Waals surface area contributed by atoms with E-state index in [9.17, 15) is 0 Å². The third-order valence-corrected chi connectivity index (χ3v) is 4.44. The number of rotatable bonds is 7. The van der Waals surface area contributed by atoms with Crippen LogP contribution in [0, 0.1) is 5.92 Å². The average molecular weight is 383 g/mol. The molecule has 1 aromatic carbocycles. The van der Waals surface area contributed by atoms with Crippen LogP contribution in [0.3, 0.4) is 0 Å². The maximum absolute atomic E-state index is 6.15. The number of piperidine rings is 1. The summed E-state index contributed by atoms with van der Waals surface area (Å²) in [4.78, 5) is 8.36. The molecule has 0 aliphatic carbocycles. The van der Waals surface area contributed by atoms with Crippen molar-refractivity contribution in [1.82, 2.24) is 20.6 Å². The number of hydrogen-bond acceptors (Lipinski definition) is 5. The van der Waals surface area contributed by atoms with Crippen molar-refractivity contribution in [3.8, 4) is 5.75 Å². The van der Waals surface area contributed by atoms with Crippen LogP contribution >= 0.6 is 24.0 Å². The summed E-state index contributed by atoms with van der Waals surface area (Å²) in [6, 6.07) is 7.51. The van der Waals surface area contributed by atoms with Crippen LogP contribution in [0.2, 0.25) is 5.02 Å². The molecule has 1 aliphatic rings. The lowest BCUT2D eigenvalue weighted by Gasteiger charge is -2.23. The molecule has 0 unspecified atom stereocenters. The van der Waals surface area contributed by atoms with Gasteiger partial charge in [-0.1, -0.05) is 11.6 Å². The maximum Gasteiger partial charge on any atom is 0.166 e. The van der Waals surface area contributed by atoms with Gasteiger partial charge in [-0.15, -0.1) is 12.4 Å². The summed E-state index contributed by atoms with van der Waals surface area (Å²) in [7, 11) is 0. The van der Waals surface area contributed by atoms with E-state index in [-0.39, 0.29) is 12.4 Å². The number of ether oxygens (including phenoxy) is 1. The SMILES string of the molecule is Cl.Clc1ccc(OCc2ncccn2)c(CNCC2CCNCC2)c1. The van der Waals surface area contributed by atoms with Crippen molar-refractivity contribution in [3.05, 3.63) is 53.1 Å². The van der Waals surface area contributed by atoms with E-state index >= 15 is 0 Å². The number of nitrogens with zero attached hydrogens (tertiary/aromatic N) is 2. The third kappa shape index (κ3) is 6.44. The highest BCUT2D eigenvalue weighted by atomic mass is 35.5. The molecule has 0 radical (unpaired) electrons. The van der Waals surface area contributed by atoms with Crippen molar-refractivity contribution >= 4 is 24.0 Å². The highest BCUT2D eigenvalue weighted by molar-refractivity contribution is 6.30. The molecule has 0 atom stereocenters. The second kappa shape index (κ2) is 10.6. The largest absolute Gasteiger partial charge is 0.485 e. The Balaban J connectivity index is 0.00000225. The van der Waals surface area contributed by atoms with Gasteiger partial charge >= 0.3 is 0 Å². The molecule has 7 heteroatoms. The minimum absolute atomic E-state index is 0. The molecule has 1 aromatic heterocycles. The van der Waals surface area contributed by atoms with Crippen molar-refractivity contribution in [3.63, 3.8) is 0 Å². The van der Waals surface area contributed by atoms with Gasteiger partial charge in [0.1, 0.15) is 12.4 Å². The van der Waals surface area contributed by atoms with Gasteiger partial charge in [-0.05, 0) is 62.7 Å². The zero-order valence-corrected chi connectivity index (χ0v) is 15.7. The highest BCUT2D eigenvalue weighted by Crippen LogP contribution is 2.23. The number of aromatic nitrogens is 2. The van der Waals surface area contributed by atoms with Crippen molar-refractivity contribution in [1.29, 1.82) is 0 Å². The molecule has 0 bridgehead atoms. The summed E-state index contributed by atoms with van der Waals surface area (Å²) in [6.45, 7) is 4.36. The van der Waals surface area contributed by atoms with Gasteiger partial charge < -0.3 is 15.4 Å². The molecule has 0 spiro atoms. The van der Waals surface area contributed by atoms with Crippen LogP contribution in [0.4, 0.5) is 0 Å². The van der Waals surface area contributed by atoms with E-state index < -0.39 is 0 Å². The molecule has 3 rings (SSSR count). The van der Waals surface area contributed by atoms with Gasteiger partial charge in [0.2, 0.25) is 0 Å². The van der Waals surface area contributed by atoms with Gasteiger partial charge in [-0.25, -0.2) is 9.97 Å². The Bertz CT molecular complexity index is 636. The Kier molecular flexibility index (Phi) is 8.41. The molecule has 5 nitrogen and oxygen atoms in total. The topological polar surface area (TPSA) is 59.1 Å². The Morgan fingerprint density at radius 3 is 2.72 bits per heavy atom. The standard InChI is InChI=1S/C18H23ClN4O.ClH/c19-16-2-3-17(24-13-18-22-6-1-7-23-18)15(10-16)12-21-11-14-4-8-20-9-5-14;/h1-3,6-7,10,14,20-21H,4-5,8-9,11-13H2;1H. The number of nitrogens with one attached hydrogen (secondary N) is 2. The van der Waals surface area contributed by atoms with E-state index in [0.29, 0.717) is 12.4 Å². The Labute approximate surface area is 160 Å². The van der Waals surface area contributed by atoms with E-state index in [1.165, 1.54) is 12.8 Å². The highest BCUT2D eigenvalue weighted by Gasteiger charge is 2.13. The molecule has 2 N–H and O–H groups in total. The van der Waals surface area contributed by atoms with Gasteiger partial charge in [0.15, 0.2) is 5.82 Å². The van der Waals surface area contributed by atoms with Gasteiger partial charge in [0, 0.05) is 29.5 Å². The van der Waals surface area contributed by atoms with Crippen molar-refractivity contribution in [2.75, 3.05) is 19.6 Å². The molecule has 136 valence electrons. The average Bonchev–Trinajstić information content (AvgIpc) is 2.63. The normalized spacial score (nSPS) is 14.8. The van der Waals surface area contributed by atoms with E-state index in [0.717, 1.165) is 48.4 Å². The smallest absolute Gasteiger partial charge is 0.166 e. The zero-order chi connectivity index (χ0) is 16.6. The minimum atomic E-state index is 0. The molecule has 0 amide bonds. The zero-order valence-electron chi connectivity index (χ0n) is 14.1. The lowest BCUT2D eigenvalue weighted by atomic mass is 9.98. The molecule has 2 heterocycles. The summed E-state index contributed by atoms with van der Waals surface area (Å²) >= 11 is 6.15. The predicted molar refractivity (Wildman–Crippen MR) is 102 cm³/mol. The van der Waals surface area contributed by atoms with Crippen LogP contribution < -0.4 is 15.4 Å². The fraction of sp³-hybridized carbons (Fsp3) is 0.444. The quantitative estimate of drug-likeness (QED) is 0.769. The van der Waals surface area contributed by atoms with Gasteiger partial charge in [0.05, 0.1) is 0 Å². The molecule has 25 heavy (non-hydrogen) atoms. The van der Waals surface area contributed by atoms with E-state index in [1.54, 1.807) is 18.5 Å². The number of halogens is 2. The first-order valence-corrected chi connectivity index (χ1v) is 8.77. The lowest BCUT2D eigenvalue weighted by Crippen LogP contribution is -2.33. The van der Waals surface area contributed by atoms with E-state index in [4.69, 9.17) is 16.3 Å². The van der Waals surface area contributed by atoms with Gasteiger partial charge in [-0.3, -0.25) is 0 Å². The Morgan fingerprint density at radius 1 is 1.20 bits per heavy atom. The molecule has 2 aromatic rings. The summed E-state index contributed by atoms with van der Waals surface area (Å²) in [6.07, 6.45) is 5.90. The fourth-order valence-corrected chi connectivity index (χ4v) is 3.07. The van der Waals surface area contributed by atoms with E-state index in [1.807, 2.05) is 18.2 Å². The second-order valence-electron chi connectivity index (χ2n) is 6.03. The second-order valence-corrected chi connectivity index (χ2v) is 6.47. The summed E-state index contributed by atoms with van der Waals surface area (Å²) in [5.74, 6) is 2.23. The van der Waals surface area contributed by atoms with Gasteiger partial charge in [0.25, 0.3) is 0 Å². The van der Waals surface area contributed by atoms with E-state index in [2.05, 4.69) is 20.6 Å². The summed E-state index contributed by atoms with van der Waals surface area (Å²) in [5.41, 5.74) is 1.06. The molecule has 1 aliphatic heterocycles. The minimum Gasteiger partial charge on any atom is -0.485 e. The summed E-state index contributed by atoms with van der Waals surface area (Å²) < 4.78 is 5.89. The lowest BCUT2D eigenvalue weighted by molar-refractivity contribution is 0.291. The van der Waals surface area contributed by atoms with Crippen molar-refractivity contribution in [2.24, 2.45) is 5.92 Å². The van der Waals surface area contributed by atoms with Crippen LogP contribution in [0.25, 0.3) is 0 Å². The summed E-state index contributed by atoms with van der Waals surface area (Å²) in [5, 5.41) is 7.65. The fourth-order valence-electron chi connectivity index (χ4n) is 2.87. The first-order valence-electron chi connectivity index (χ1n) is 8.40. The van der Waals surface area contributed by atoms with Crippen molar-refractivity contribution in [2.45, 2.75) is 26.0 Å². The molecule has 0 saturated carbocycles. The first kappa shape index (κ1) is 19.9. The molecular weight excluding hydrogens is 359 g/mol. The van der Waals surface area contributed by atoms with Crippen LogP contribution in [0.1, 0.15) is 24.2 Å². The van der Waals surface area contributed by atoms with Crippen LogP contribution in [0.15, 0.2) is 36.7 Å². The maximum atomic E-state index is 6.15. The number of hydrogen-bond donors (Lipinski definition) is 2. The van der Waals surface area contributed by atoms with Crippen LogP contribution in [0.5, 0.6) is 5.75 Å². The third-order valence-electron chi connectivity index (χ3n) is 4.21. The molecular formula is C18H24Cl2N4O. The Morgan fingerprint density at radius 2 is 1.96 bits per heavy atom. The predicted octanol–water partition coefficient (Wildman–Crippen LogP) is 3.22.